The first-order valence-corrected chi connectivity index (χ1v) is 2.97. The van der Waals surface area contributed by atoms with Crippen molar-refractivity contribution in [1.29, 1.82) is 0 Å². The van der Waals surface area contributed by atoms with Crippen molar-refractivity contribution in [2.75, 3.05) is 0 Å². The SMILES string of the molecule is CC1=C(C)S1=O. The maximum Gasteiger partial charge on any atom is 0.0779 e. The molecule has 0 amide bonds. The summed E-state index contributed by atoms with van der Waals surface area (Å²) >= 11 is 0. The molecule has 0 aliphatic carbocycles. The van der Waals surface area contributed by atoms with E-state index in [1.807, 2.05) is 13.8 Å². The van der Waals surface area contributed by atoms with E-state index in [4.69, 9.17) is 0 Å². The smallest absolute Gasteiger partial charge is 0.0779 e. The molecule has 0 saturated carbocycles. The van der Waals surface area contributed by atoms with Gasteiger partial charge in [0.15, 0.2) is 0 Å². The zero-order valence-electron chi connectivity index (χ0n) is 3.82. The molecule has 1 nitrogen and oxygen atoms in total. The Bertz CT molecular complexity index is 120. The number of hydrogen-bond donors (Lipinski definition) is 0. The second-order valence-corrected chi connectivity index (χ2v) is 3.14. The van der Waals surface area contributed by atoms with Gasteiger partial charge in [-0.2, -0.15) is 0 Å². The van der Waals surface area contributed by atoms with Crippen LogP contribution in [-0.4, -0.2) is 4.21 Å². The maximum atomic E-state index is 10.3. The number of allylic oxidation sites excluding steroid dienone is 2. The van der Waals surface area contributed by atoms with Crippen molar-refractivity contribution >= 4 is 10.8 Å². The van der Waals surface area contributed by atoms with E-state index in [1.165, 1.54) is 0 Å². The maximum absolute atomic E-state index is 10.3. The van der Waals surface area contributed by atoms with Crippen molar-refractivity contribution in [2.24, 2.45) is 0 Å². The van der Waals surface area contributed by atoms with Crippen molar-refractivity contribution < 1.29 is 4.21 Å². The Balaban J connectivity index is 2.78. The van der Waals surface area contributed by atoms with E-state index < -0.39 is 10.8 Å². The lowest BCUT2D eigenvalue weighted by Crippen LogP contribution is -1.53. The van der Waals surface area contributed by atoms with Gasteiger partial charge in [0.2, 0.25) is 0 Å². The van der Waals surface area contributed by atoms with Gasteiger partial charge in [-0.25, -0.2) is 4.21 Å². The molecule has 1 aliphatic heterocycles. The van der Waals surface area contributed by atoms with E-state index in [1.54, 1.807) is 0 Å². The van der Waals surface area contributed by atoms with Crippen molar-refractivity contribution in [2.45, 2.75) is 13.8 Å². The molecule has 0 unspecified atom stereocenters. The standard InChI is InChI=1S/C4H6OS/c1-3-4(2)6(3)5/h1-2H3. The van der Waals surface area contributed by atoms with E-state index in [0.29, 0.717) is 0 Å². The Labute approximate surface area is 39.5 Å². The fourth-order valence-corrected chi connectivity index (χ4v) is 1.02. The molecule has 0 saturated heterocycles. The van der Waals surface area contributed by atoms with Gasteiger partial charge in [-0.3, -0.25) is 0 Å². The van der Waals surface area contributed by atoms with E-state index in [9.17, 15) is 4.21 Å². The van der Waals surface area contributed by atoms with Gasteiger partial charge in [-0.1, -0.05) is 0 Å². The highest BCUT2D eigenvalue weighted by atomic mass is 32.2. The Morgan fingerprint density at radius 1 is 1.33 bits per heavy atom. The molecule has 0 aromatic heterocycles. The van der Waals surface area contributed by atoms with Crippen LogP contribution < -0.4 is 0 Å². The largest absolute Gasteiger partial charge is 0.250 e. The summed E-state index contributed by atoms with van der Waals surface area (Å²) in [4.78, 5) is 2.13. The molecule has 34 valence electrons. The first-order chi connectivity index (χ1) is 2.73. The van der Waals surface area contributed by atoms with E-state index in [-0.39, 0.29) is 0 Å². The summed E-state index contributed by atoms with van der Waals surface area (Å²) in [5.74, 6) is 0. The second-order valence-electron chi connectivity index (χ2n) is 1.38. The molecule has 0 bridgehead atoms. The Morgan fingerprint density at radius 3 is 1.50 bits per heavy atom. The predicted molar refractivity (Wildman–Crippen MR) is 26.5 cm³/mol. The van der Waals surface area contributed by atoms with Gasteiger partial charge in [0.05, 0.1) is 10.8 Å². The van der Waals surface area contributed by atoms with Crippen molar-refractivity contribution in [1.82, 2.24) is 0 Å². The van der Waals surface area contributed by atoms with Gasteiger partial charge in [-0.15, -0.1) is 0 Å². The third-order valence-electron chi connectivity index (χ3n) is 1.01. The van der Waals surface area contributed by atoms with E-state index in [2.05, 4.69) is 0 Å². The van der Waals surface area contributed by atoms with Gasteiger partial charge >= 0.3 is 0 Å². The Morgan fingerprint density at radius 2 is 1.50 bits per heavy atom. The first-order valence-electron chi connectivity index (χ1n) is 1.82. The lowest BCUT2D eigenvalue weighted by molar-refractivity contribution is 0.694. The molecule has 6 heavy (non-hydrogen) atoms. The van der Waals surface area contributed by atoms with Crippen LogP contribution in [0.3, 0.4) is 0 Å². The lowest BCUT2D eigenvalue weighted by atomic mass is 10.6. The number of hydrogen-bond acceptors (Lipinski definition) is 1. The zero-order chi connectivity index (χ0) is 4.73. The van der Waals surface area contributed by atoms with Crippen LogP contribution in [0.1, 0.15) is 13.8 Å². The summed E-state index contributed by atoms with van der Waals surface area (Å²) in [7, 11) is -0.617. The lowest BCUT2D eigenvalue weighted by Gasteiger charge is -1.54. The average Bonchev–Trinajstić information content (AvgIpc) is 1.94. The molecule has 0 fully saturated rings. The molecule has 1 rings (SSSR count). The molecule has 0 atom stereocenters. The molecular formula is C4H6OS. The molecule has 0 N–H and O–H groups in total. The highest BCUT2D eigenvalue weighted by molar-refractivity contribution is 7.99. The topological polar surface area (TPSA) is 17.1 Å². The molecule has 1 aliphatic rings. The quantitative estimate of drug-likeness (QED) is 0.446. The highest BCUT2D eigenvalue weighted by Gasteiger charge is 2.22. The van der Waals surface area contributed by atoms with Gasteiger partial charge < -0.3 is 0 Å². The fraction of sp³-hybridized carbons (Fsp3) is 0.500. The normalized spacial score (nSPS) is 22.3. The highest BCUT2D eigenvalue weighted by Crippen LogP contribution is 2.29. The summed E-state index contributed by atoms with van der Waals surface area (Å²) < 4.78 is 10.3. The van der Waals surface area contributed by atoms with Crippen LogP contribution in [0.2, 0.25) is 0 Å². The summed E-state index contributed by atoms with van der Waals surface area (Å²) in [6.45, 7) is 3.79. The van der Waals surface area contributed by atoms with Crippen LogP contribution in [0, 0.1) is 0 Å². The fourth-order valence-electron chi connectivity index (χ4n) is 0.304. The van der Waals surface area contributed by atoms with Gasteiger partial charge in [0.1, 0.15) is 0 Å². The van der Waals surface area contributed by atoms with Crippen LogP contribution in [-0.2, 0) is 10.8 Å². The molecule has 0 radical (unpaired) electrons. The van der Waals surface area contributed by atoms with Crippen LogP contribution in [0.5, 0.6) is 0 Å². The summed E-state index contributed by atoms with van der Waals surface area (Å²) in [5.41, 5.74) is 0. The molecule has 0 spiro atoms. The van der Waals surface area contributed by atoms with Gasteiger partial charge in [-0.05, 0) is 13.8 Å². The third kappa shape index (κ3) is 0.332. The summed E-state index contributed by atoms with van der Waals surface area (Å²) in [6.07, 6.45) is 0. The Kier molecular flexibility index (Phi) is 0.634. The minimum atomic E-state index is -0.617. The number of rotatable bonds is 0. The second kappa shape index (κ2) is 0.936. The first kappa shape index (κ1) is 4.06. The molecule has 0 aromatic carbocycles. The van der Waals surface area contributed by atoms with Crippen LogP contribution in [0.4, 0.5) is 0 Å². The Hall–Kier alpha value is -0.110. The van der Waals surface area contributed by atoms with Crippen LogP contribution >= 0.6 is 0 Å². The minimum Gasteiger partial charge on any atom is -0.250 e. The monoisotopic (exact) mass is 102 g/mol. The molecular weight excluding hydrogens is 96.1 g/mol. The predicted octanol–water partition coefficient (Wildman–Crippen LogP) is 1.00. The average molecular weight is 102 g/mol. The van der Waals surface area contributed by atoms with Crippen LogP contribution in [0.15, 0.2) is 9.81 Å². The molecule has 1 heterocycles. The van der Waals surface area contributed by atoms with E-state index in [0.717, 1.165) is 9.81 Å². The van der Waals surface area contributed by atoms with E-state index >= 15 is 0 Å². The third-order valence-corrected chi connectivity index (χ3v) is 2.53. The van der Waals surface area contributed by atoms with Gasteiger partial charge in [0.25, 0.3) is 0 Å². The zero-order valence-corrected chi connectivity index (χ0v) is 4.63. The minimum absolute atomic E-state index is 0.617. The van der Waals surface area contributed by atoms with Crippen molar-refractivity contribution in [3.8, 4) is 0 Å². The summed E-state index contributed by atoms with van der Waals surface area (Å²) in [5, 5.41) is 0. The van der Waals surface area contributed by atoms with Crippen molar-refractivity contribution in [3.05, 3.63) is 9.81 Å². The van der Waals surface area contributed by atoms with Gasteiger partial charge in [0, 0.05) is 9.81 Å². The van der Waals surface area contributed by atoms with Crippen LogP contribution in [0.25, 0.3) is 0 Å². The molecule has 2 heteroatoms. The summed E-state index contributed by atoms with van der Waals surface area (Å²) in [6, 6.07) is 0. The molecule has 0 aromatic rings. The van der Waals surface area contributed by atoms with Crippen molar-refractivity contribution in [3.63, 3.8) is 0 Å².